The summed E-state index contributed by atoms with van der Waals surface area (Å²) in [6.45, 7) is 2.11. The van der Waals surface area contributed by atoms with Crippen LogP contribution in [-0.4, -0.2) is 0 Å². The van der Waals surface area contributed by atoms with Crippen molar-refractivity contribution in [3.8, 4) is 17.3 Å². The quantitative estimate of drug-likeness (QED) is 0.353. The first kappa shape index (κ1) is 17.5. The normalized spacial score (nSPS) is 25.6. The summed E-state index contributed by atoms with van der Waals surface area (Å²) in [6.07, 6.45) is 7.44. The molecule has 0 N–H and O–H groups in total. The van der Waals surface area contributed by atoms with Crippen molar-refractivity contribution in [1.29, 1.82) is 5.26 Å². The van der Waals surface area contributed by atoms with Crippen LogP contribution in [0, 0.1) is 30.1 Å². The van der Waals surface area contributed by atoms with Gasteiger partial charge in [-0.2, -0.15) is 5.26 Å². The van der Waals surface area contributed by atoms with Gasteiger partial charge in [-0.05, 0) is 61.3 Å². The Bertz CT molecular complexity index is 1420. The zero-order valence-corrected chi connectivity index (χ0v) is 18.1. The number of pyridine rings is 1. The van der Waals surface area contributed by atoms with Crippen LogP contribution >= 0.6 is 0 Å². The molecule has 2 aliphatic rings. The molecule has 0 bridgehead atoms. The van der Waals surface area contributed by atoms with E-state index in [-0.39, 0.29) is 0 Å². The van der Waals surface area contributed by atoms with Crippen molar-refractivity contribution in [3.63, 3.8) is 0 Å². The molecule has 0 spiro atoms. The molecule has 2 saturated carbocycles. The minimum Gasteiger partial charge on any atom is -0.455 e. The van der Waals surface area contributed by atoms with Gasteiger partial charge in [0.25, 0.3) is 0 Å². The van der Waals surface area contributed by atoms with E-state index in [1.54, 1.807) is 0 Å². The highest BCUT2D eigenvalue weighted by atomic mass is 16.3. The fourth-order valence-corrected chi connectivity index (χ4v) is 6.12. The van der Waals surface area contributed by atoms with Crippen LogP contribution in [0.2, 0.25) is 0 Å². The summed E-state index contributed by atoms with van der Waals surface area (Å²) < 4.78 is 18.3. The third-order valence-electron chi connectivity index (χ3n) is 7.64. The first-order valence-electron chi connectivity index (χ1n) is 11.8. The van der Waals surface area contributed by atoms with E-state index in [2.05, 4.69) is 35.8 Å². The maximum atomic E-state index is 9.97. The molecule has 0 amide bonds. The first-order valence-corrected chi connectivity index (χ1v) is 11.3. The van der Waals surface area contributed by atoms with Gasteiger partial charge in [-0.15, -0.1) is 0 Å². The van der Waals surface area contributed by atoms with Crippen molar-refractivity contribution >= 4 is 21.9 Å². The van der Waals surface area contributed by atoms with Crippen LogP contribution < -0.4 is 4.57 Å². The average molecular weight is 409 g/mol. The van der Waals surface area contributed by atoms with Gasteiger partial charge in [0.05, 0.1) is 17.2 Å². The molecule has 0 radical (unpaired) electrons. The van der Waals surface area contributed by atoms with Crippen molar-refractivity contribution in [3.05, 3.63) is 65.4 Å². The number of nitriles is 1. The summed E-state index contributed by atoms with van der Waals surface area (Å²) in [4.78, 5) is 0. The number of nitrogens with zero attached hydrogens (tertiary/aromatic N) is 2. The van der Waals surface area contributed by atoms with E-state index in [0.29, 0.717) is 17.4 Å². The molecule has 2 aromatic heterocycles. The number of fused-ring (bicyclic) bond motifs is 4. The molecule has 31 heavy (non-hydrogen) atoms. The van der Waals surface area contributed by atoms with Gasteiger partial charge in [0.15, 0.2) is 6.20 Å². The monoisotopic (exact) mass is 408 g/mol. The number of aryl methyl sites for hydroxylation is 2. The number of hydrogen-bond donors (Lipinski definition) is 0. The Balaban J connectivity index is 1.66. The van der Waals surface area contributed by atoms with Crippen LogP contribution in [0.4, 0.5) is 0 Å². The highest BCUT2D eigenvalue weighted by molar-refractivity contribution is 6.11. The Hall–Kier alpha value is -3.12. The predicted octanol–water partition coefficient (Wildman–Crippen LogP) is 6.55. The molecule has 2 fully saturated rings. The van der Waals surface area contributed by atoms with Crippen molar-refractivity contribution in [2.24, 2.45) is 18.9 Å². The second-order valence-electron chi connectivity index (χ2n) is 9.37. The van der Waals surface area contributed by atoms with Crippen molar-refractivity contribution < 1.29 is 10.4 Å². The van der Waals surface area contributed by atoms with Crippen LogP contribution in [0.25, 0.3) is 33.2 Å². The summed E-state index contributed by atoms with van der Waals surface area (Å²) in [5.74, 6) is 0.473. The SMILES string of the molecule is [2H]C1(c2c(C#N)ccc3c2oc2c(-c4cccc[n+]4C)c(C)ccc23)CC2CCCC2C1. The third-order valence-corrected chi connectivity index (χ3v) is 7.64. The van der Waals surface area contributed by atoms with Gasteiger partial charge in [0, 0.05) is 29.8 Å². The molecule has 0 aliphatic heterocycles. The molecule has 6 rings (SSSR count). The highest BCUT2D eigenvalue weighted by Gasteiger charge is 2.39. The lowest BCUT2D eigenvalue weighted by atomic mass is 9.89. The van der Waals surface area contributed by atoms with Crippen molar-refractivity contribution in [1.82, 2.24) is 0 Å². The molecule has 2 unspecified atom stereocenters. The van der Waals surface area contributed by atoms with Crippen LogP contribution in [0.1, 0.15) is 56.1 Å². The second-order valence-corrected chi connectivity index (χ2v) is 9.37. The maximum Gasteiger partial charge on any atom is 0.216 e. The largest absolute Gasteiger partial charge is 0.455 e. The van der Waals surface area contributed by atoms with Gasteiger partial charge in [-0.1, -0.05) is 31.4 Å². The molecule has 4 aromatic rings. The van der Waals surface area contributed by atoms with Gasteiger partial charge < -0.3 is 4.42 Å². The molecule has 2 heterocycles. The standard InChI is InChI=1S/C28H27N2O/c1-17-9-11-22-23-12-10-20(16-29)26(21-14-18-6-5-7-19(18)15-21)28(23)31-27(22)25(17)24-8-3-4-13-30(24)2/h3-4,8-13,18-19,21H,5-7,14-15H2,1-2H3/q+1/i21D. The molecule has 2 aromatic carbocycles. The topological polar surface area (TPSA) is 40.8 Å². The number of furan rings is 1. The van der Waals surface area contributed by atoms with E-state index in [9.17, 15) is 6.63 Å². The lowest BCUT2D eigenvalue weighted by Crippen LogP contribution is -2.30. The number of benzene rings is 2. The minimum absolute atomic E-state index is 0.593. The Morgan fingerprint density at radius 3 is 2.52 bits per heavy atom. The van der Waals surface area contributed by atoms with E-state index in [0.717, 1.165) is 57.2 Å². The minimum atomic E-state index is -0.749. The summed E-state index contributed by atoms with van der Waals surface area (Å²) in [5.41, 5.74) is 6.30. The number of aromatic nitrogens is 1. The van der Waals surface area contributed by atoms with Gasteiger partial charge in [0.2, 0.25) is 5.69 Å². The first-order chi connectivity index (χ1) is 15.5. The van der Waals surface area contributed by atoms with E-state index >= 15 is 0 Å². The molecular formula is C28H27N2O+. The van der Waals surface area contributed by atoms with Crippen LogP contribution in [0.15, 0.2) is 53.1 Å². The fraction of sp³-hybridized carbons (Fsp3) is 0.357. The van der Waals surface area contributed by atoms with Gasteiger partial charge in [-0.25, -0.2) is 4.57 Å². The lowest BCUT2D eigenvalue weighted by molar-refractivity contribution is -0.660. The summed E-state index contributed by atoms with van der Waals surface area (Å²) in [7, 11) is 2.05. The van der Waals surface area contributed by atoms with E-state index in [4.69, 9.17) is 4.42 Å². The number of rotatable bonds is 2. The molecule has 0 saturated heterocycles. The summed E-state index contributed by atoms with van der Waals surface area (Å²) >= 11 is 0. The van der Waals surface area contributed by atoms with E-state index < -0.39 is 5.89 Å². The van der Waals surface area contributed by atoms with Gasteiger partial charge in [-0.3, -0.25) is 0 Å². The zero-order valence-electron chi connectivity index (χ0n) is 19.1. The average Bonchev–Trinajstić information content (AvgIpc) is 3.45. The van der Waals surface area contributed by atoms with Crippen molar-refractivity contribution in [2.45, 2.75) is 44.9 Å². The molecule has 2 aliphatic carbocycles. The summed E-state index contributed by atoms with van der Waals surface area (Å²) in [6, 6.07) is 16.7. The van der Waals surface area contributed by atoms with E-state index in [1.165, 1.54) is 19.3 Å². The predicted molar refractivity (Wildman–Crippen MR) is 123 cm³/mol. The molecule has 154 valence electrons. The fourth-order valence-electron chi connectivity index (χ4n) is 6.12. The molecular weight excluding hydrogens is 380 g/mol. The lowest BCUT2D eigenvalue weighted by Gasteiger charge is -2.14. The third kappa shape index (κ3) is 2.74. The Morgan fingerprint density at radius 2 is 1.77 bits per heavy atom. The smallest absolute Gasteiger partial charge is 0.216 e. The van der Waals surface area contributed by atoms with Crippen LogP contribution in [0.3, 0.4) is 0 Å². The Morgan fingerprint density at radius 1 is 1.03 bits per heavy atom. The molecule has 3 heteroatoms. The van der Waals surface area contributed by atoms with Crippen LogP contribution in [0.5, 0.6) is 0 Å². The second kappa shape index (κ2) is 6.95. The molecule has 2 atom stereocenters. The molecule has 3 nitrogen and oxygen atoms in total. The van der Waals surface area contributed by atoms with E-state index in [1.807, 2.05) is 37.5 Å². The highest BCUT2D eigenvalue weighted by Crippen LogP contribution is 2.53. The van der Waals surface area contributed by atoms with Gasteiger partial charge >= 0.3 is 0 Å². The number of hydrogen-bond acceptors (Lipinski definition) is 2. The Kier molecular flexibility index (Phi) is 3.94. The van der Waals surface area contributed by atoms with Crippen LogP contribution in [-0.2, 0) is 7.05 Å². The summed E-state index contributed by atoms with van der Waals surface area (Å²) in [5, 5.41) is 12.0. The maximum absolute atomic E-state index is 9.97. The van der Waals surface area contributed by atoms with Gasteiger partial charge in [0.1, 0.15) is 18.2 Å². The van der Waals surface area contributed by atoms with Crippen molar-refractivity contribution in [2.75, 3.05) is 0 Å². The Labute approximate surface area is 184 Å². The zero-order chi connectivity index (χ0) is 22.0.